The standard InChI is InChI=1S/C20H17F2N3O2S/c1-12(26)25-20(28-19(24-25)15-10-14(21)6-7-17(15)22)13(8-9-23)11-27-18-5-3-2-4-16(18)20/h2-7,10,13,19,24H,8,11H2,1H3/t13-,19?,20-/m1/s1. The molecule has 1 N–H and O–H groups in total. The van der Waals surface area contributed by atoms with Crippen LogP contribution in [0, 0.1) is 28.9 Å². The predicted octanol–water partition coefficient (Wildman–Crippen LogP) is 3.84. The van der Waals surface area contributed by atoms with Crippen molar-refractivity contribution < 1.29 is 18.3 Å². The zero-order valence-corrected chi connectivity index (χ0v) is 15.8. The number of carbonyl (C=O) groups is 1. The zero-order valence-electron chi connectivity index (χ0n) is 15.0. The molecule has 28 heavy (non-hydrogen) atoms. The van der Waals surface area contributed by atoms with Gasteiger partial charge in [0.05, 0.1) is 12.7 Å². The minimum absolute atomic E-state index is 0.118. The summed E-state index contributed by atoms with van der Waals surface area (Å²) in [5.74, 6) is -1.15. The molecule has 0 radical (unpaired) electrons. The van der Waals surface area contributed by atoms with Crippen molar-refractivity contribution in [3.63, 3.8) is 0 Å². The first-order valence-electron chi connectivity index (χ1n) is 8.76. The second-order valence-corrected chi connectivity index (χ2v) is 8.04. The number of carbonyl (C=O) groups excluding carboxylic acids is 1. The van der Waals surface area contributed by atoms with E-state index in [2.05, 4.69) is 11.5 Å². The van der Waals surface area contributed by atoms with Crippen molar-refractivity contribution in [2.45, 2.75) is 23.6 Å². The number of benzene rings is 2. The molecule has 1 unspecified atom stereocenters. The van der Waals surface area contributed by atoms with E-state index in [4.69, 9.17) is 4.74 Å². The summed E-state index contributed by atoms with van der Waals surface area (Å²) in [7, 11) is 0. The molecule has 2 aliphatic rings. The molecule has 1 fully saturated rings. The van der Waals surface area contributed by atoms with Crippen LogP contribution in [0.2, 0.25) is 0 Å². The van der Waals surface area contributed by atoms with Crippen LogP contribution in [0.4, 0.5) is 8.78 Å². The summed E-state index contributed by atoms with van der Waals surface area (Å²) in [6, 6.07) is 12.7. The lowest BCUT2D eigenvalue weighted by molar-refractivity contribution is -0.138. The maximum Gasteiger partial charge on any atom is 0.235 e. The molecule has 0 aromatic heterocycles. The molecule has 2 aromatic rings. The smallest absolute Gasteiger partial charge is 0.235 e. The lowest BCUT2D eigenvalue weighted by Gasteiger charge is -2.45. The summed E-state index contributed by atoms with van der Waals surface area (Å²) in [6.07, 6.45) is 0.144. The van der Waals surface area contributed by atoms with Crippen molar-refractivity contribution in [2.75, 3.05) is 6.61 Å². The lowest BCUT2D eigenvalue weighted by atomic mass is 9.87. The number of rotatable bonds is 2. The van der Waals surface area contributed by atoms with Gasteiger partial charge in [-0.1, -0.05) is 18.2 Å². The molecule has 0 bridgehead atoms. The van der Waals surface area contributed by atoms with E-state index in [1.807, 2.05) is 18.2 Å². The number of thioether (sulfide) groups is 1. The van der Waals surface area contributed by atoms with E-state index in [0.29, 0.717) is 5.75 Å². The van der Waals surface area contributed by atoms with Gasteiger partial charge in [-0.05, 0) is 24.3 Å². The first-order valence-corrected chi connectivity index (χ1v) is 9.64. The number of hydrazine groups is 1. The van der Waals surface area contributed by atoms with Crippen LogP contribution in [0.1, 0.15) is 29.8 Å². The lowest BCUT2D eigenvalue weighted by Crippen LogP contribution is -2.54. The van der Waals surface area contributed by atoms with Crippen molar-refractivity contribution >= 4 is 17.7 Å². The minimum atomic E-state index is -0.972. The Morgan fingerprint density at radius 2 is 2.18 bits per heavy atom. The van der Waals surface area contributed by atoms with E-state index < -0.39 is 21.9 Å². The Kier molecular flexibility index (Phi) is 4.73. The molecule has 4 rings (SSSR count). The fraction of sp³-hybridized carbons (Fsp3) is 0.300. The van der Waals surface area contributed by atoms with Crippen LogP contribution >= 0.6 is 11.8 Å². The molecule has 1 amide bonds. The molecular formula is C20H17F2N3O2S. The third-order valence-corrected chi connectivity index (χ3v) is 6.73. The summed E-state index contributed by atoms with van der Waals surface area (Å²) < 4.78 is 34.0. The topological polar surface area (TPSA) is 65.4 Å². The average molecular weight is 401 g/mol. The van der Waals surface area contributed by atoms with Gasteiger partial charge in [-0.3, -0.25) is 9.80 Å². The zero-order chi connectivity index (χ0) is 19.9. The quantitative estimate of drug-likeness (QED) is 0.828. The second kappa shape index (κ2) is 7.08. The summed E-state index contributed by atoms with van der Waals surface area (Å²) in [5.41, 5.74) is 3.89. The Labute approximate surface area is 165 Å². The van der Waals surface area contributed by atoms with Crippen LogP contribution < -0.4 is 10.2 Å². The van der Waals surface area contributed by atoms with Crippen LogP contribution in [-0.4, -0.2) is 17.5 Å². The molecule has 8 heteroatoms. The molecule has 3 atom stereocenters. The molecule has 2 aromatic carbocycles. The molecule has 5 nitrogen and oxygen atoms in total. The molecule has 2 aliphatic heterocycles. The summed E-state index contributed by atoms with van der Waals surface area (Å²) >= 11 is 1.29. The Morgan fingerprint density at radius 3 is 2.93 bits per heavy atom. The maximum atomic E-state index is 14.4. The fourth-order valence-corrected chi connectivity index (χ4v) is 5.58. The monoisotopic (exact) mass is 401 g/mol. The van der Waals surface area contributed by atoms with Crippen LogP contribution in [0.15, 0.2) is 42.5 Å². The van der Waals surface area contributed by atoms with Gasteiger partial charge >= 0.3 is 0 Å². The van der Waals surface area contributed by atoms with E-state index in [1.54, 1.807) is 6.07 Å². The van der Waals surface area contributed by atoms with Gasteiger partial charge in [-0.15, -0.1) is 11.8 Å². The van der Waals surface area contributed by atoms with E-state index in [9.17, 15) is 18.8 Å². The Morgan fingerprint density at radius 1 is 1.39 bits per heavy atom. The Bertz CT molecular complexity index is 980. The highest BCUT2D eigenvalue weighted by molar-refractivity contribution is 8.00. The number of nitrogens with zero attached hydrogens (tertiary/aromatic N) is 2. The third kappa shape index (κ3) is 2.82. The molecule has 144 valence electrons. The van der Waals surface area contributed by atoms with E-state index in [0.717, 1.165) is 23.8 Å². The average Bonchev–Trinajstić information content (AvgIpc) is 3.08. The number of halogens is 2. The van der Waals surface area contributed by atoms with Gasteiger partial charge in [0, 0.05) is 30.4 Å². The number of nitriles is 1. The highest BCUT2D eigenvalue weighted by Gasteiger charge is 2.58. The molecule has 0 saturated carbocycles. The first-order chi connectivity index (χ1) is 13.5. The van der Waals surface area contributed by atoms with Gasteiger partial charge in [0.2, 0.25) is 5.91 Å². The van der Waals surface area contributed by atoms with Crippen molar-refractivity contribution in [1.29, 1.82) is 5.26 Å². The Hall–Kier alpha value is -2.63. The fourth-order valence-electron chi connectivity index (χ4n) is 3.83. The minimum Gasteiger partial charge on any atom is -0.493 e. The predicted molar refractivity (Wildman–Crippen MR) is 99.7 cm³/mol. The number of amides is 1. The van der Waals surface area contributed by atoms with Gasteiger partial charge in [-0.25, -0.2) is 14.2 Å². The Balaban J connectivity index is 1.88. The molecule has 1 saturated heterocycles. The SMILES string of the molecule is CC(=O)N1NC(c2cc(F)ccc2F)S[C@]12c1ccccc1OC[C@H]2CC#N. The van der Waals surface area contributed by atoms with Crippen molar-refractivity contribution in [3.8, 4) is 11.8 Å². The highest BCUT2D eigenvalue weighted by atomic mass is 32.2. The molecule has 1 spiro atoms. The van der Waals surface area contributed by atoms with Crippen LogP contribution in [0.3, 0.4) is 0 Å². The molecular weight excluding hydrogens is 384 g/mol. The number of nitrogens with one attached hydrogen (secondary N) is 1. The van der Waals surface area contributed by atoms with E-state index >= 15 is 0 Å². The molecule has 0 aliphatic carbocycles. The number of ether oxygens (including phenoxy) is 1. The van der Waals surface area contributed by atoms with Crippen molar-refractivity contribution in [2.24, 2.45) is 5.92 Å². The van der Waals surface area contributed by atoms with Gasteiger partial charge in [0.1, 0.15) is 27.6 Å². The first kappa shape index (κ1) is 18.7. The number of hydrogen-bond donors (Lipinski definition) is 1. The van der Waals surface area contributed by atoms with E-state index in [-0.39, 0.29) is 30.4 Å². The van der Waals surface area contributed by atoms with Gasteiger partial charge in [-0.2, -0.15) is 5.26 Å². The summed E-state index contributed by atoms with van der Waals surface area (Å²) in [6.45, 7) is 1.64. The number of para-hydroxylation sites is 1. The molecule has 2 heterocycles. The number of fused-ring (bicyclic) bond motifs is 2. The van der Waals surface area contributed by atoms with Gasteiger partial charge in [0.25, 0.3) is 0 Å². The second-order valence-electron chi connectivity index (χ2n) is 6.71. The number of hydrogen-bond acceptors (Lipinski definition) is 5. The largest absolute Gasteiger partial charge is 0.493 e. The summed E-state index contributed by atoms with van der Waals surface area (Å²) in [4.78, 5) is 11.6. The van der Waals surface area contributed by atoms with Gasteiger partial charge < -0.3 is 4.74 Å². The van der Waals surface area contributed by atoms with Crippen LogP contribution in [0.5, 0.6) is 5.75 Å². The summed E-state index contributed by atoms with van der Waals surface area (Å²) in [5, 5.41) is 10.1. The van der Waals surface area contributed by atoms with E-state index in [1.165, 1.54) is 23.7 Å². The normalized spacial score (nSPS) is 25.9. The van der Waals surface area contributed by atoms with Crippen LogP contribution in [-0.2, 0) is 9.67 Å². The highest BCUT2D eigenvalue weighted by Crippen LogP contribution is 2.60. The third-order valence-electron chi connectivity index (χ3n) is 5.04. The van der Waals surface area contributed by atoms with Crippen LogP contribution in [0.25, 0.3) is 0 Å². The van der Waals surface area contributed by atoms with Crippen molar-refractivity contribution in [3.05, 3.63) is 65.2 Å². The maximum absolute atomic E-state index is 14.4. The van der Waals surface area contributed by atoms with Gasteiger partial charge in [0.15, 0.2) is 0 Å². The van der Waals surface area contributed by atoms with Crippen molar-refractivity contribution in [1.82, 2.24) is 10.4 Å².